The molecule has 8 heteroatoms. The van der Waals surface area contributed by atoms with E-state index in [-0.39, 0.29) is 12.2 Å². The van der Waals surface area contributed by atoms with Crippen molar-refractivity contribution in [3.63, 3.8) is 0 Å². The van der Waals surface area contributed by atoms with Gasteiger partial charge in [0.2, 0.25) is 0 Å². The Morgan fingerprint density at radius 3 is 2.96 bits per heavy atom. The van der Waals surface area contributed by atoms with Crippen molar-refractivity contribution < 1.29 is 14.3 Å². The molecule has 8 nitrogen and oxygen atoms in total. The van der Waals surface area contributed by atoms with Gasteiger partial charge in [-0.25, -0.2) is 14.3 Å². The van der Waals surface area contributed by atoms with Crippen molar-refractivity contribution in [2.45, 2.75) is 32.5 Å². The zero-order valence-corrected chi connectivity index (χ0v) is 13.5. The van der Waals surface area contributed by atoms with Gasteiger partial charge in [0.25, 0.3) is 0 Å². The van der Waals surface area contributed by atoms with Crippen LogP contribution in [-0.4, -0.2) is 50.9 Å². The molecular weight excluding hydrogens is 298 g/mol. The van der Waals surface area contributed by atoms with Crippen LogP contribution in [0.3, 0.4) is 0 Å². The van der Waals surface area contributed by atoms with Crippen molar-refractivity contribution in [3.8, 4) is 0 Å². The molecule has 0 bridgehead atoms. The highest BCUT2D eigenvalue weighted by Gasteiger charge is 2.30. The van der Waals surface area contributed by atoms with Gasteiger partial charge < -0.3 is 20.1 Å². The fourth-order valence-corrected chi connectivity index (χ4v) is 2.54. The maximum absolute atomic E-state index is 12.2. The summed E-state index contributed by atoms with van der Waals surface area (Å²) in [5, 5.41) is 4.22. The molecule has 1 aliphatic heterocycles. The molecule has 3 heterocycles. The van der Waals surface area contributed by atoms with E-state index >= 15 is 0 Å². The van der Waals surface area contributed by atoms with E-state index in [1.165, 1.54) is 6.33 Å². The van der Waals surface area contributed by atoms with Gasteiger partial charge >= 0.3 is 6.09 Å². The van der Waals surface area contributed by atoms with Gasteiger partial charge in [0, 0.05) is 6.54 Å². The number of morpholine rings is 1. The average Bonchev–Trinajstić information content (AvgIpc) is 2.91. The van der Waals surface area contributed by atoms with Gasteiger partial charge in [-0.15, -0.1) is 0 Å². The second kappa shape index (κ2) is 5.69. The molecule has 2 aromatic rings. The molecule has 0 aliphatic carbocycles. The Kier molecular flexibility index (Phi) is 3.85. The number of amides is 1. The predicted octanol–water partition coefficient (Wildman–Crippen LogP) is 1.62. The lowest BCUT2D eigenvalue weighted by molar-refractivity contribution is -0.0452. The van der Waals surface area contributed by atoms with Gasteiger partial charge in [-0.05, 0) is 32.9 Å². The van der Waals surface area contributed by atoms with Crippen molar-refractivity contribution in [1.82, 2.24) is 19.5 Å². The molecule has 2 aromatic heterocycles. The number of carbonyl (C=O) groups is 1. The van der Waals surface area contributed by atoms with Gasteiger partial charge in [0.05, 0.1) is 18.8 Å². The number of nitrogens with zero attached hydrogens (tertiary/aromatic N) is 4. The molecule has 1 aliphatic rings. The molecule has 3 rings (SSSR count). The Labute approximate surface area is 134 Å². The summed E-state index contributed by atoms with van der Waals surface area (Å²) in [6, 6.07) is 3.74. The highest BCUT2D eigenvalue weighted by molar-refractivity contribution is 5.68. The number of hydrogen-bond acceptors (Lipinski definition) is 6. The van der Waals surface area contributed by atoms with Crippen LogP contribution in [0.2, 0.25) is 0 Å². The van der Waals surface area contributed by atoms with E-state index in [1.54, 1.807) is 9.42 Å². The van der Waals surface area contributed by atoms with Crippen LogP contribution in [0, 0.1) is 0 Å². The Morgan fingerprint density at radius 2 is 2.22 bits per heavy atom. The fourth-order valence-electron chi connectivity index (χ4n) is 2.54. The molecule has 1 amide bonds. The first-order chi connectivity index (χ1) is 10.8. The number of anilines is 1. The first kappa shape index (κ1) is 15.5. The largest absolute Gasteiger partial charge is 0.444 e. The zero-order chi connectivity index (χ0) is 16.6. The van der Waals surface area contributed by atoms with Crippen molar-refractivity contribution in [2.75, 3.05) is 25.4 Å². The number of ether oxygens (including phenoxy) is 2. The van der Waals surface area contributed by atoms with Gasteiger partial charge in [-0.2, -0.15) is 5.10 Å². The van der Waals surface area contributed by atoms with E-state index in [4.69, 9.17) is 15.2 Å². The molecule has 1 fully saturated rings. The maximum Gasteiger partial charge on any atom is 0.410 e. The van der Waals surface area contributed by atoms with E-state index in [0.29, 0.717) is 25.5 Å². The van der Waals surface area contributed by atoms with Crippen LogP contribution in [0.25, 0.3) is 5.52 Å². The van der Waals surface area contributed by atoms with E-state index < -0.39 is 5.60 Å². The molecule has 0 spiro atoms. The van der Waals surface area contributed by atoms with E-state index in [0.717, 1.165) is 11.2 Å². The molecule has 1 atom stereocenters. The average molecular weight is 319 g/mol. The maximum atomic E-state index is 12.2. The van der Waals surface area contributed by atoms with Crippen LogP contribution in [0.1, 0.15) is 32.6 Å². The highest BCUT2D eigenvalue weighted by atomic mass is 16.6. The lowest BCUT2D eigenvalue weighted by atomic mass is 10.2. The third-order valence-electron chi connectivity index (χ3n) is 3.56. The van der Waals surface area contributed by atoms with E-state index in [2.05, 4.69) is 10.1 Å². The van der Waals surface area contributed by atoms with Crippen LogP contribution >= 0.6 is 0 Å². The molecule has 0 saturated carbocycles. The van der Waals surface area contributed by atoms with Crippen molar-refractivity contribution in [1.29, 1.82) is 0 Å². The van der Waals surface area contributed by atoms with Gasteiger partial charge in [0.1, 0.15) is 23.5 Å². The summed E-state index contributed by atoms with van der Waals surface area (Å²) in [5.74, 6) is 0.408. The first-order valence-electron chi connectivity index (χ1n) is 7.53. The SMILES string of the molecule is CC(C)(C)OC(=O)N1CCOC(c2ccc3c(N)ncnn23)C1. The third-order valence-corrected chi connectivity index (χ3v) is 3.56. The summed E-state index contributed by atoms with van der Waals surface area (Å²) in [5.41, 5.74) is 6.89. The Balaban J connectivity index is 1.80. The summed E-state index contributed by atoms with van der Waals surface area (Å²) in [6.07, 6.45) is 0.786. The number of carbonyl (C=O) groups excluding carboxylic acids is 1. The van der Waals surface area contributed by atoms with Crippen molar-refractivity contribution in [3.05, 3.63) is 24.2 Å². The number of nitrogen functional groups attached to an aromatic ring is 1. The number of rotatable bonds is 1. The Bertz CT molecular complexity index is 721. The molecule has 1 saturated heterocycles. The van der Waals surface area contributed by atoms with Gasteiger partial charge in [-0.1, -0.05) is 0 Å². The van der Waals surface area contributed by atoms with Gasteiger partial charge in [-0.3, -0.25) is 0 Å². The highest BCUT2D eigenvalue weighted by Crippen LogP contribution is 2.26. The summed E-state index contributed by atoms with van der Waals surface area (Å²) < 4.78 is 12.9. The zero-order valence-electron chi connectivity index (χ0n) is 13.5. The molecule has 0 radical (unpaired) electrons. The second-order valence-corrected chi connectivity index (χ2v) is 6.49. The molecular formula is C15H21N5O3. The molecule has 124 valence electrons. The van der Waals surface area contributed by atoms with Crippen LogP contribution in [0.4, 0.5) is 10.6 Å². The molecule has 23 heavy (non-hydrogen) atoms. The standard InChI is InChI=1S/C15H21N5O3/c1-15(2,3)23-14(21)19-6-7-22-12(8-19)10-4-5-11-13(16)17-9-18-20(10)11/h4-5,9,12H,6-8H2,1-3H3,(H2,16,17,18). The topological polar surface area (TPSA) is 95.0 Å². The fraction of sp³-hybridized carbons (Fsp3) is 0.533. The number of aromatic nitrogens is 3. The van der Waals surface area contributed by atoms with Crippen LogP contribution in [0.5, 0.6) is 0 Å². The summed E-state index contributed by atoms with van der Waals surface area (Å²) in [4.78, 5) is 17.9. The minimum atomic E-state index is -0.520. The minimum absolute atomic E-state index is 0.284. The summed E-state index contributed by atoms with van der Waals surface area (Å²) in [6.45, 7) is 6.91. The summed E-state index contributed by atoms with van der Waals surface area (Å²) in [7, 11) is 0. The Morgan fingerprint density at radius 1 is 1.43 bits per heavy atom. The van der Waals surface area contributed by atoms with Gasteiger partial charge in [0.15, 0.2) is 5.82 Å². The smallest absolute Gasteiger partial charge is 0.410 e. The molecule has 2 N–H and O–H groups in total. The Hall–Kier alpha value is -2.35. The van der Waals surface area contributed by atoms with E-state index in [1.807, 2.05) is 32.9 Å². The molecule has 0 aromatic carbocycles. The van der Waals surface area contributed by atoms with Crippen LogP contribution < -0.4 is 5.73 Å². The second-order valence-electron chi connectivity index (χ2n) is 6.49. The lowest BCUT2D eigenvalue weighted by Crippen LogP contribution is -2.44. The van der Waals surface area contributed by atoms with Crippen molar-refractivity contribution >= 4 is 17.4 Å². The quantitative estimate of drug-likeness (QED) is 0.858. The third kappa shape index (κ3) is 3.21. The number of nitrogens with two attached hydrogens (primary N) is 1. The van der Waals surface area contributed by atoms with E-state index in [9.17, 15) is 4.79 Å². The lowest BCUT2D eigenvalue weighted by Gasteiger charge is -2.34. The normalized spacial score (nSPS) is 19.1. The van der Waals surface area contributed by atoms with Crippen LogP contribution in [0.15, 0.2) is 18.5 Å². The first-order valence-corrected chi connectivity index (χ1v) is 7.53. The molecule has 1 unspecified atom stereocenters. The summed E-state index contributed by atoms with van der Waals surface area (Å²) >= 11 is 0. The predicted molar refractivity (Wildman–Crippen MR) is 83.9 cm³/mol. The number of fused-ring (bicyclic) bond motifs is 1. The van der Waals surface area contributed by atoms with Crippen LogP contribution in [-0.2, 0) is 9.47 Å². The minimum Gasteiger partial charge on any atom is -0.444 e. The van der Waals surface area contributed by atoms with Crippen molar-refractivity contribution in [2.24, 2.45) is 0 Å². The number of hydrogen-bond donors (Lipinski definition) is 1. The monoisotopic (exact) mass is 319 g/mol.